The number of fused-ring (bicyclic) bond motifs is 1. The van der Waals surface area contributed by atoms with E-state index in [2.05, 4.69) is 25.0 Å². The number of imidazole rings is 1. The normalized spacial score (nSPS) is 11.3. The van der Waals surface area contributed by atoms with Gasteiger partial charge in [0.2, 0.25) is 5.95 Å². The Morgan fingerprint density at radius 1 is 1.00 bits per heavy atom. The van der Waals surface area contributed by atoms with E-state index in [1.165, 1.54) is 36.7 Å². The smallest absolute Gasteiger partial charge is 0.274 e. The molecule has 0 bridgehead atoms. The summed E-state index contributed by atoms with van der Waals surface area (Å²) in [6, 6.07) is 12.9. The Bertz CT molecular complexity index is 1280. The molecule has 1 amide bonds. The number of carbonyl (C=O) groups is 1. The molecule has 0 aliphatic heterocycles. The quantitative estimate of drug-likeness (QED) is 0.524. The molecular weight excluding hydrogens is 392 g/mol. The maximum Gasteiger partial charge on any atom is 0.274 e. The van der Waals surface area contributed by atoms with Gasteiger partial charge in [0.15, 0.2) is 0 Å². The van der Waals surface area contributed by atoms with Crippen molar-refractivity contribution in [2.75, 3.05) is 10.0 Å². The number of aromatic nitrogens is 4. The van der Waals surface area contributed by atoms with E-state index in [1.807, 2.05) is 18.2 Å². The Morgan fingerprint density at radius 2 is 1.72 bits per heavy atom. The van der Waals surface area contributed by atoms with Crippen LogP contribution in [0.5, 0.6) is 0 Å². The molecule has 9 nitrogen and oxygen atoms in total. The summed E-state index contributed by atoms with van der Waals surface area (Å²) in [7, 11) is -3.84. The van der Waals surface area contributed by atoms with E-state index in [4.69, 9.17) is 0 Å². The molecule has 29 heavy (non-hydrogen) atoms. The SMILES string of the molecule is Cc1nc2ccccn2c1C(=O)Nc1ccc(S(=O)(=O)Nc2ncccn2)cc1. The molecule has 0 fully saturated rings. The van der Waals surface area contributed by atoms with Crippen molar-refractivity contribution in [2.45, 2.75) is 11.8 Å². The molecule has 146 valence electrons. The summed E-state index contributed by atoms with van der Waals surface area (Å²) in [4.78, 5) is 24.8. The number of anilines is 2. The molecule has 0 unspecified atom stereocenters. The summed E-state index contributed by atoms with van der Waals surface area (Å²) in [5.41, 5.74) is 2.14. The lowest BCUT2D eigenvalue weighted by molar-refractivity contribution is 0.102. The molecule has 0 saturated heterocycles. The molecule has 1 aromatic carbocycles. The van der Waals surface area contributed by atoms with Crippen LogP contribution >= 0.6 is 0 Å². The van der Waals surface area contributed by atoms with Gasteiger partial charge in [-0.05, 0) is 49.4 Å². The highest BCUT2D eigenvalue weighted by Crippen LogP contribution is 2.18. The van der Waals surface area contributed by atoms with E-state index in [0.29, 0.717) is 22.7 Å². The van der Waals surface area contributed by atoms with Crippen molar-refractivity contribution in [1.82, 2.24) is 19.4 Å². The second-order valence-electron chi connectivity index (χ2n) is 6.13. The third-order valence-corrected chi connectivity index (χ3v) is 5.48. The predicted molar refractivity (Wildman–Crippen MR) is 107 cm³/mol. The van der Waals surface area contributed by atoms with Gasteiger partial charge in [-0.1, -0.05) is 6.07 Å². The predicted octanol–water partition coefficient (Wildman–Crippen LogP) is 2.49. The maximum atomic E-state index is 12.7. The number of amides is 1. The first-order valence-corrected chi connectivity index (χ1v) is 10.1. The Morgan fingerprint density at radius 3 is 2.45 bits per heavy atom. The van der Waals surface area contributed by atoms with Crippen LogP contribution in [0.2, 0.25) is 0 Å². The van der Waals surface area contributed by atoms with E-state index in [0.717, 1.165) is 0 Å². The van der Waals surface area contributed by atoms with Gasteiger partial charge in [-0.25, -0.2) is 28.1 Å². The number of pyridine rings is 1. The van der Waals surface area contributed by atoms with E-state index < -0.39 is 10.0 Å². The van der Waals surface area contributed by atoms with Crippen LogP contribution in [0.15, 0.2) is 72.0 Å². The molecule has 4 aromatic rings. The molecule has 0 aliphatic rings. The zero-order chi connectivity index (χ0) is 20.4. The highest BCUT2D eigenvalue weighted by Gasteiger charge is 2.18. The number of aryl methyl sites for hydroxylation is 1. The fourth-order valence-electron chi connectivity index (χ4n) is 2.83. The first kappa shape index (κ1) is 18.6. The van der Waals surface area contributed by atoms with Crippen LogP contribution < -0.4 is 10.0 Å². The Labute approximate surface area is 166 Å². The van der Waals surface area contributed by atoms with Crippen molar-refractivity contribution >= 4 is 33.2 Å². The summed E-state index contributed by atoms with van der Waals surface area (Å²) >= 11 is 0. The van der Waals surface area contributed by atoms with Gasteiger partial charge in [0.25, 0.3) is 15.9 Å². The summed E-state index contributed by atoms with van der Waals surface area (Å²) in [6.45, 7) is 1.76. The number of nitrogens with zero attached hydrogens (tertiary/aromatic N) is 4. The van der Waals surface area contributed by atoms with E-state index >= 15 is 0 Å². The minimum Gasteiger partial charge on any atom is -0.321 e. The molecular formula is C19H16N6O3S. The van der Waals surface area contributed by atoms with E-state index in [9.17, 15) is 13.2 Å². The average molecular weight is 408 g/mol. The van der Waals surface area contributed by atoms with Crippen molar-refractivity contribution in [3.05, 3.63) is 78.5 Å². The van der Waals surface area contributed by atoms with Crippen LogP contribution in [0.4, 0.5) is 11.6 Å². The highest BCUT2D eigenvalue weighted by atomic mass is 32.2. The molecule has 0 saturated carbocycles. The molecule has 10 heteroatoms. The number of benzene rings is 1. The lowest BCUT2D eigenvalue weighted by Crippen LogP contribution is -2.16. The standard InChI is InChI=1S/C19H16N6O3S/c1-13-17(25-12-3-2-5-16(25)22-13)18(26)23-14-6-8-15(9-7-14)29(27,28)24-19-20-10-4-11-21-19/h2-12H,1H3,(H,23,26)(H,20,21,24). The first-order chi connectivity index (χ1) is 13.9. The highest BCUT2D eigenvalue weighted by molar-refractivity contribution is 7.92. The van der Waals surface area contributed by atoms with Crippen molar-refractivity contribution in [1.29, 1.82) is 0 Å². The summed E-state index contributed by atoms with van der Waals surface area (Å²) in [5.74, 6) is -0.361. The lowest BCUT2D eigenvalue weighted by atomic mass is 10.3. The second-order valence-corrected chi connectivity index (χ2v) is 7.81. The summed E-state index contributed by atoms with van der Waals surface area (Å²) in [5, 5.41) is 2.77. The second kappa shape index (κ2) is 7.32. The number of nitrogens with one attached hydrogen (secondary N) is 2. The first-order valence-electron chi connectivity index (χ1n) is 8.59. The van der Waals surface area contributed by atoms with Gasteiger partial charge in [0, 0.05) is 24.3 Å². The third-order valence-electron chi connectivity index (χ3n) is 4.13. The fourth-order valence-corrected chi connectivity index (χ4v) is 3.78. The third kappa shape index (κ3) is 3.78. The van der Waals surface area contributed by atoms with Crippen molar-refractivity contribution in [2.24, 2.45) is 0 Å². The van der Waals surface area contributed by atoms with Gasteiger partial charge >= 0.3 is 0 Å². The van der Waals surface area contributed by atoms with Crippen LogP contribution in [0, 0.1) is 6.92 Å². The molecule has 0 spiro atoms. The van der Waals surface area contributed by atoms with Gasteiger partial charge in [-0.2, -0.15) is 0 Å². The monoisotopic (exact) mass is 408 g/mol. The number of rotatable bonds is 5. The molecule has 0 radical (unpaired) electrons. The zero-order valence-corrected chi connectivity index (χ0v) is 16.1. The van der Waals surface area contributed by atoms with Crippen LogP contribution in [-0.2, 0) is 10.0 Å². The van der Waals surface area contributed by atoms with Crippen molar-refractivity contribution in [3.63, 3.8) is 0 Å². The van der Waals surface area contributed by atoms with Gasteiger partial charge < -0.3 is 5.32 Å². The Hall–Kier alpha value is -3.79. The molecule has 3 heterocycles. The summed E-state index contributed by atoms with van der Waals surface area (Å²) in [6.07, 6.45) is 4.63. The number of carbonyl (C=O) groups excluding carboxylic acids is 1. The van der Waals surface area contributed by atoms with E-state index in [1.54, 1.807) is 23.6 Å². The minimum absolute atomic E-state index is 0.0204. The van der Waals surface area contributed by atoms with E-state index in [-0.39, 0.29) is 16.8 Å². The van der Waals surface area contributed by atoms with Crippen LogP contribution in [0.1, 0.15) is 16.2 Å². The lowest BCUT2D eigenvalue weighted by Gasteiger charge is -2.09. The number of hydrogen-bond donors (Lipinski definition) is 2. The van der Waals surface area contributed by atoms with Crippen LogP contribution in [0.25, 0.3) is 5.65 Å². The summed E-state index contributed by atoms with van der Waals surface area (Å²) < 4.78 is 28.8. The molecule has 3 aromatic heterocycles. The molecule has 0 aliphatic carbocycles. The van der Waals surface area contributed by atoms with Gasteiger partial charge in [-0.15, -0.1) is 0 Å². The van der Waals surface area contributed by atoms with Gasteiger partial charge in [0.05, 0.1) is 10.6 Å². The van der Waals surface area contributed by atoms with Crippen LogP contribution in [-0.4, -0.2) is 33.7 Å². The number of sulfonamides is 1. The van der Waals surface area contributed by atoms with Crippen molar-refractivity contribution < 1.29 is 13.2 Å². The largest absolute Gasteiger partial charge is 0.321 e. The van der Waals surface area contributed by atoms with Crippen LogP contribution in [0.3, 0.4) is 0 Å². The topological polar surface area (TPSA) is 118 Å². The average Bonchev–Trinajstić information content (AvgIpc) is 3.04. The zero-order valence-electron chi connectivity index (χ0n) is 15.3. The molecule has 2 N–H and O–H groups in total. The fraction of sp³-hybridized carbons (Fsp3) is 0.0526. The van der Waals surface area contributed by atoms with Gasteiger partial charge in [0.1, 0.15) is 11.3 Å². The molecule has 4 rings (SSSR count). The Balaban J connectivity index is 1.54. The maximum absolute atomic E-state index is 12.7. The number of hydrogen-bond acceptors (Lipinski definition) is 6. The van der Waals surface area contributed by atoms with Gasteiger partial charge in [-0.3, -0.25) is 9.20 Å². The molecule has 0 atom stereocenters. The van der Waals surface area contributed by atoms with Crippen molar-refractivity contribution in [3.8, 4) is 0 Å². The minimum atomic E-state index is -3.84. The Kier molecular flexibility index (Phi) is 4.69.